The Bertz CT molecular complexity index is 931. The second-order valence-corrected chi connectivity index (χ2v) is 10.9. The number of nitrogens with zero attached hydrogens (tertiary/aromatic N) is 1. The number of carbonyl (C=O) groups is 4. The van der Waals surface area contributed by atoms with Crippen LogP contribution < -0.4 is 15.4 Å². The zero-order chi connectivity index (χ0) is 24.2. The van der Waals surface area contributed by atoms with E-state index in [-0.39, 0.29) is 25.4 Å². The molecule has 12 heteroatoms. The summed E-state index contributed by atoms with van der Waals surface area (Å²) >= 11 is 0. The molecule has 2 saturated carbocycles. The van der Waals surface area contributed by atoms with Crippen LogP contribution in [0.3, 0.4) is 0 Å². The predicted octanol–water partition coefficient (Wildman–Crippen LogP) is 0.173. The summed E-state index contributed by atoms with van der Waals surface area (Å²) in [6, 6.07) is -1.54. The summed E-state index contributed by atoms with van der Waals surface area (Å²) in [6.45, 7) is 1.64. The number of carbonyl (C=O) groups excluding carboxylic acids is 4. The van der Waals surface area contributed by atoms with Crippen LogP contribution in [-0.4, -0.2) is 74.2 Å². The molecule has 0 bridgehead atoms. The van der Waals surface area contributed by atoms with Gasteiger partial charge in [0, 0.05) is 32.9 Å². The Kier molecular flexibility index (Phi) is 7.65. The lowest BCUT2D eigenvalue weighted by atomic mass is 10.1. The average Bonchev–Trinajstić information content (AvgIpc) is 3.63. The smallest absolute Gasteiger partial charge is 0.317 e. The highest BCUT2D eigenvalue weighted by molar-refractivity contribution is 7.91. The Balaban J connectivity index is 1.81. The summed E-state index contributed by atoms with van der Waals surface area (Å²) in [5.74, 6) is -2.29. The molecule has 11 nitrogen and oxygen atoms in total. The molecular weight excluding hydrogens is 452 g/mol. The van der Waals surface area contributed by atoms with Gasteiger partial charge in [-0.05, 0) is 38.5 Å². The Morgan fingerprint density at radius 3 is 2.67 bits per heavy atom. The maximum Gasteiger partial charge on any atom is 0.317 e. The number of urea groups is 1. The largest absolute Gasteiger partial charge is 0.466 e. The Morgan fingerprint density at radius 1 is 1.27 bits per heavy atom. The van der Waals surface area contributed by atoms with Crippen molar-refractivity contribution in [1.29, 1.82) is 0 Å². The van der Waals surface area contributed by atoms with Crippen LogP contribution in [0.4, 0.5) is 4.79 Å². The van der Waals surface area contributed by atoms with E-state index in [1.54, 1.807) is 7.05 Å². The third-order valence-electron chi connectivity index (χ3n) is 6.12. The number of hydrogen-bond acceptors (Lipinski definition) is 7. The number of sulfonamides is 1. The van der Waals surface area contributed by atoms with Gasteiger partial charge in [-0.25, -0.2) is 13.2 Å². The first-order valence-electron chi connectivity index (χ1n) is 11.2. The molecule has 1 heterocycles. The van der Waals surface area contributed by atoms with E-state index in [2.05, 4.69) is 15.4 Å². The highest BCUT2D eigenvalue weighted by Crippen LogP contribution is 2.45. The quantitative estimate of drug-likeness (QED) is 0.359. The zero-order valence-corrected chi connectivity index (χ0v) is 19.8. The van der Waals surface area contributed by atoms with Gasteiger partial charge in [-0.1, -0.05) is 12.2 Å². The molecule has 0 aromatic carbocycles. The molecule has 33 heavy (non-hydrogen) atoms. The predicted molar refractivity (Wildman–Crippen MR) is 118 cm³/mol. The van der Waals surface area contributed by atoms with Gasteiger partial charge in [-0.3, -0.25) is 19.1 Å². The minimum absolute atomic E-state index is 0.00354. The third-order valence-corrected chi connectivity index (χ3v) is 7.94. The normalized spacial score (nSPS) is 29.6. The van der Waals surface area contributed by atoms with E-state index < -0.39 is 50.7 Å². The van der Waals surface area contributed by atoms with Crippen molar-refractivity contribution in [2.75, 3.05) is 20.2 Å². The van der Waals surface area contributed by atoms with Crippen LogP contribution in [-0.2, 0) is 29.1 Å². The minimum atomic E-state index is -3.79. The first kappa shape index (κ1) is 25.0. The van der Waals surface area contributed by atoms with Gasteiger partial charge in [-0.2, -0.15) is 0 Å². The first-order valence-corrected chi connectivity index (χ1v) is 12.8. The molecule has 3 N–H and O–H groups in total. The van der Waals surface area contributed by atoms with E-state index in [0.29, 0.717) is 19.4 Å². The molecule has 0 saturated heterocycles. The fourth-order valence-electron chi connectivity index (χ4n) is 3.79. The molecule has 0 aromatic heterocycles. The molecule has 3 rings (SSSR count). The van der Waals surface area contributed by atoms with Crippen molar-refractivity contribution in [2.45, 2.75) is 68.7 Å². The maximum atomic E-state index is 13.1. The van der Waals surface area contributed by atoms with Crippen molar-refractivity contribution in [2.24, 2.45) is 5.92 Å². The fraction of sp³-hybridized carbons (Fsp3) is 0.714. The molecule has 3 atom stereocenters. The summed E-state index contributed by atoms with van der Waals surface area (Å²) in [7, 11) is -2.17. The molecule has 2 unspecified atom stereocenters. The number of rotatable bonds is 6. The van der Waals surface area contributed by atoms with Crippen molar-refractivity contribution >= 4 is 33.8 Å². The van der Waals surface area contributed by atoms with Crippen LogP contribution in [0.1, 0.15) is 51.9 Å². The van der Waals surface area contributed by atoms with Gasteiger partial charge in [0.05, 0.1) is 11.9 Å². The van der Waals surface area contributed by atoms with Gasteiger partial charge in [0.25, 0.3) is 5.91 Å². The number of hydrogen-bond donors (Lipinski definition) is 3. The monoisotopic (exact) mass is 484 g/mol. The van der Waals surface area contributed by atoms with E-state index in [1.165, 1.54) is 11.8 Å². The van der Waals surface area contributed by atoms with E-state index in [1.807, 2.05) is 12.2 Å². The molecule has 2 fully saturated rings. The van der Waals surface area contributed by atoms with E-state index >= 15 is 0 Å². The average molecular weight is 485 g/mol. The van der Waals surface area contributed by atoms with Crippen molar-refractivity contribution in [3.8, 4) is 0 Å². The van der Waals surface area contributed by atoms with Gasteiger partial charge >= 0.3 is 12.0 Å². The lowest BCUT2D eigenvalue weighted by molar-refractivity contribution is -0.141. The first-order chi connectivity index (χ1) is 15.5. The fourth-order valence-corrected chi connectivity index (χ4v) is 5.16. The molecule has 0 aromatic rings. The Labute approximate surface area is 193 Å². The lowest BCUT2D eigenvalue weighted by Gasteiger charge is -2.26. The summed E-state index contributed by atoms with van der Waals surface area (Å²) < 4.78 is 31.7. The number of ether oxygens (including phenoxy) is 1. The minimum Gasteiger partial charge on any atom is -0.466 e. The third kappa shape index (κ3) is 6.46. The van der Waals surface area contributed by atoms with E-state index in [0.717, 1.165) is 19.3 Å². The van der Waals surface area contributed by atoms with Crippen LogP contribution in [0.5, 0.6) is 0 Å². The van der Waals surface area contributed by atoms with Gasteiger partial charge < -0.3 is 20.3 Å². The number of esters is 1. The molecule has 3 aliphatic rings. The number of nitrogens with one attached hydrogen (secondary N) is 3. The summed E-state index contributed by atoms with van der Waals surface area (Å²) in [5.41, 5.74) is -1.41. The molecule has 0 radical (unpaired) electrons. The van der Waals surface area contributed by atoms with Crippen molar-refractivity contribution < 1.29 is 32.3 Å². The second-order valence-electron chi connectivity index (χ2n) is 8.92. The Hall–Kier alpha value is -2.63. The van der Waals surface area contributed by atoms with Crippen molar-refractivity contribution in [3.05, 3.63) is 12.2 Å². The zero-order valence-electron chi connectivity index (χ0n) is 19.0. The summed E-state index contributed by atoms with van der Waals surface area (Å²) in [5, 5.41) is 4.74. The maximum absolute atomic E-state index is 13.1. The van der Waals surface area contributed by atoms with Gasteiger partial charge in [-0.15, -0.1) is 0 Å². The molecule has 1 aliphatic heterocycles. The Morgan fingerprint density at radius 2 is 2.00 bits per heavy atom. The van der Waals surface area contributed by atoms with Crippen LogP contribution >= 0.6 is 0 Å². The highest BCUT2D eigenvalue weighted by Gasteiger charge is 2.61. The molecule has 4 amide bonds. The van der Waals surface area contributed by atoms with E-state index in [4.69, 9.17) is 4.74 Å². The topological polar surface area (TPSA) is 151 Å². The van der Waals surface area contributed by atoms with Crippen LogP contribution in [0.15, 0.2) is 12.2 Å². The van der Waals surface area contributed by atoms with Crippen LogP contribution in [0.25, 0.3) is 0 Å². The van der Waals surface area contributed by atoms with Gasteiger partial charge in [0.15, 0.2) is 0 Å². The SMILES string of the molecule is CC(=O)OCCC1NC(=O)N(C)CCCC/C=C\C2C[C@@]2(C(=O)NS(=O)(=O)C2CC2)NC1=O. The lowest BCUT2D eigenvalue weighted by Crippen LogP contribution is -2.58. The standard InChI is InChI=1S/C21H32N4O7S/c1-14(26)32-12-10-17-18(27)23-21(19(28)24-33(30,31)16-8-9-16)13-15(21)7-5-3-4-6-11-25(2)20(29)22-17/h5,7,15-17H,3-4,6,8-13H2,1-2H3,(H,22,29)(H,23,27)(H,24,28)/b7-5-/t15?,17?,21-/m1/s1. The number of allylic oxidation sites excluding steroid dienone is 1. The van der Waals surface area contributed by atoms with Gasteiger partial charge in [0.1, 0.15) is 11.6 Å². The molecular formula is C21H32N4O7S. The summed E-state index contributed by atoms with van der Waals surface area (Å²) in [6.07, 6.45) is 7.36. The highest BCUT2D eigenvalue weighted by atomic mass is 32.2. The van der Waals surface area contributed by atoms with E-state index in [9.17, 15) is 27.6 Å². The molecule has 184 valence electrons. The molecule has 2 aliphatic carbocycles. The van der Waals surface area contributed by atoms with Crippen LogP contribution in [0, 0.1) is 5.92 Å². The van der Waals surface area contributed by atoms with Gasteiger partial charge in [0.2, 0.25) is 15.9 Å². The van der Waals surface area contributed by atoms with Crippen molar-refractivity contribution in [1.82, 2.24) is 20.3 Å². The number of amides is 4. The van der Waals surface area contributed by atoms with Crippen molar-refractivity contribution in [3.63, 3.8) is 0 Å². The van der Waals surface area contributed by atoms with Crippen LogP contribution in [0.2, 0.25) is 0 Å². The molecule has 0 spiro atoms. The summed E-state index contributed by atoms with van der Waals surface area (Å²) in [4.78, 5) is 51.3. The second kappa shape index (κ2) is 10.1. The number of fused-ring (bicyclic) bond motifs is 1.